The van der Waals surface area contributed by atoms with Gasteiger partial charge in [0.1, 0.15) is 0 Å². The lowest BCUT2D eigenvalue weighted by molar-refractivity contribution is -0.160. The number of carbonyl (C=O) groups is 1. The van der Waals surface area contributed by atoms with Crippen molar-refractivity contribution < 1.29 is 15.0 Å². The molecule has 0 aromatic carbocycles. The molecular formula is C36H72O3. The Morgan fingerprint density at radius 3 is 0.744 bits per heavy atom. The summed E-state index contributed by atoms with van der Waals surface area (Å²) in [7, 11) is 0. The fourth-order valence-electron chi connectivity index (χ4n) is 5.92. The quantitative estimate of drug-likeness (QED) is 0.0796. The zero-order valence-corrected chi connectivity index (χ0v) is 26.9. The predicted molar refractivity (Wildman–Crippen MR) is 172 cm³/mol. The summed E-state index contributed by atoms with van der Waals surface area (Å²) in [6, 6.07) is 0. The van der Waals surface area contributed by atoms with E-state index in [9.17, 15) is 15.0 Å². The summed E-state index contributed by atoms with van der Waals surface area (Å²) in [6.45, 7) is 4.55. The van der Waals surface area contributed by atoms with Crippen molar-refractivity contribution in [3.63, 3.8) is 0 Å². The second kappa shape index (κ2) is 30.4. The van der Waals surface area contributed by atoms with E-state index in [0.29, 0.717) is 12.8 Å². The van der Waals surface area contributed by atoms with Crippen LogP contribution in [0, 0.1) is 0 Å². The minimum atomic E-state index is -1.51. The van der Waals surface area contributed by atoms with E-state index in [2.05, 4.69) is 13.8 Å². The number of hydrogen-bond acceptors (Lipinski definition) is 2. The van der Waals surface area contributed by atoms with Crippen LogP contribution in [0.4, 0.5) is 0 Å². The molecule has 0 saturated carbocycles. The van der Waals surface area contributed by atoms with E-state index in [4.69, 9.17) is 0 Å². The fraction of sp³-hybridized carbons (Fsp3) is 0.972. The summed E-state index contributed by atoms with van der Waals surface area (Å²) in [4.78, 5) is 11.7. The average Bonchev–Trinajstić information content (AvgIpc) is 2.93. The molecule has 39 heavy (non-hydrogen) atoms. The predicted octanol–water partition coefficient (Wildman–Crippen LogP) is 12.3. The van der Waals surface area contributed by atoms with Gasteiger partial charge in [-0.15, -0.1) is 0 Å². The van der Waals surface area contributed by atoms with Gasteiger partial charge in [-0.3, -0.25) is 0 Å². The summed E-state index contributed by atoms with van der Waals surface area (Å²) in [5.74, 6) is -1.02. The number of carboxylic acids is 1. The highest BCUT2D eigenvalue weighted by Crippen LogP contribution is 2.24. The summed E-state index contributed by atoms with van der Waals surface area (Å²) < 4.78 is 0. The van der Waals surface area contributed by atoms with Crippen molar-refractivity contribution in [2.75, 3.05) is 0 Å². The Bertz CT molecular complexity index is 456. The van der Waals surface area contributed by atoms with Gasteiger partial charge in [-0.25, -0.2) is 4.79 Å². The van der Waals surface area contributed by atoms with Gasteiger partial charge in [-0.2, -0.15) is 0 Å². The first-order chi connectivity index (χ1) is 19.1. The molecule has 0 aromatic heterocycles. The van der Waals surface area contributed by atoms with E-state index in [0.717, 1.165) is 25.7 Å². The van der Waals surface area contributed by atoms with E-state index in [1.165, 1.54) is 167 Å². The van der Waals surface area contributed by atoms with Crippen LogP contribution in [0.15, 0.2) is 0 Å². The Labute approximate surface area is 245 Å². The lowest BCUT2D eigenvalue weighted by Gasteiger charge is -2.23. The summed E-state index contributed by atoms with van der Waals surface area (Å²) >= 11 is 0. The van der Waals surface area contributed by atoms with Crippen LogP contribution in [0.2, 0.25) is 0 Å². The molecule has 0 aliphatic heterocycles. The van der Waals surface area contributed by atoms with Crippen molar-refractivity contribution in [3.8, 4) is 0 Å². The third-order valence-electron chi connectivity index (χ3n) is 8.79. The minimum Gasteiger partial charge on any atom is -0.479 e. The van der Waals surface area contributed by atoms with Gasteiger partial charge >= 0.3 is 5.97 Å². The molecule has 0 saturated heterocycles. The van der Waals surface area contributed by atoms with Crippen molar-refractivity contribution in [2.24, 2.45) is 0 Å². The van der Waals surface area contributed by atoms with Crippen molar-refractivity contribution in [1.29, 1.82) is 0 Å². The van der Waals surface area contributed by atoms with Crippen molar-refractivity contribution in [3.05, 3.63) is 0 Å². The number of rotatable bonds is 33. The molecule has 0 aromatic rings. The van der Waals surface area contributed by atoms with E-state index in [-0.39, 0.29) is 0 Å². The molecule has 3 heteroatoms. The first kappa shape index (κ1) is 38.4. The standard InChI is InChI=1S/C36H72O3/c1-3-5-7-9-11-13-15-17-19-21-23-25-27-29-31-33-36(39,35(37)38)34-32-30-28-26-24-22-20-18-16-14-12-10-8-6-4-2/h39H,3-34H2,1-2H3,(H,37,38). The second-order valence-corrected chi connectivity index (χ2v) is 12.7. The second-order valence-electron chi connectivity index (χ2n) is 12.7. The topological polar surface area (TPSA) is 57.5 Å². The molecule has 0 heterocycles. The molecule has 0 radical (unpaired) electrons. The highest BCUT2D eigenvalue weighted by Gasteiger charge is 2.34. The lowest BCUT2D eigenvalue weighted by atomic mass is 9.89. The Morgan fingerprint density at radius 1 is 0.385 bits per heavy atom. The number of aliphatic carboxylic acids is 1. The zero-order chi connectivity index (χ0) is 28.7. The molecule has 0 fully saturated rings. The van der Waals surface area contributed by atoms with E-state index in [1.807, 2.05) is 0 Å². The van der Waals surface area contributed by atoms with Crippen LogP contribution in [-0.4, -0.2) is 21.8 Å². The van der Waals surface area contributed by atoms with Gasteiger partial charge in [0.15, 0.2) is 5.60 Å². The van der Waals surface area contributed by atoms with Crippen LogP contribution in [0.25, 0.3) is 0 Å². The molecule has 3 nitrogen and oxygen atoms in total. The normalized spacial score (nSPS) is 11.9. The Balaban J connectivity index is 3.53. The molecule has 2 N–H and O–H groups in total. The molecule has 0 bridgehead atoms. The smallest absolute Gasteiger partial charge is 0.335 e. The number of unbranched alkanes of at least 4 members (excludes halogenated alkanes) is 28. The molecule has 0 unspecified atom stereocenters. The minimum absolute atomic E-state index is 0.416. The number of aliphatic hydroxyl groups is 1. The molecule has 0 amide bonds. The van der Waals surface area contributed by atoms with Crippen LogP contribution in [0.3, 0.4) is 0 Å². The maximum absolute atomic E-state index is 11.7. The van der Waals surface area contributed by atoms with Crippen molar-refractivity contribution in [2.45, 2.75) is 225 Å². The molecule has 0 aliphatic rings. The lowest BCUT2D eigenvalue weighted by Crippen LogP contribution is -2.38. The SMILES string of the molecule is CCCCCCCCCCCCCCCCCC(O)(CCCCCCCCCCCCCCCCC)C(=O)O. The maximum atomic E-state index is 11.7. The molecule has 0 aliphatic carbocycles. The first-order valence-corrected chi connectivity index (χ1v) is 18.0. The Kier molecular flexibility index (Phi) is 29.9. The van der Waals surface area contributed by atoms with Gasteiger partial charge in [-0.05, 0) is 25.7 Å². The zero-order valence-electron chi connectivity index (χ0n) is 26.9. The molecule has 0 atom stereocenters. The van der Waals surface area contributed by atoms with E-state index < -0.39 is 11.6 Å². The molecule has 0 spiro atoms. The van der Waals surface area contributed by atoms with Crippen LogP contribution < -0.4 is 0 Å². The Hall–Kier alpha value is -0.570. The van der Waals surface area contributed by atoms with Crippen LogP contribution in [0.1, 0.15) is 219 Å². The van der Waals surface area contributed by atoms with Crippen LogP contribution in [-0.2, 0) is 4.79 Å². The Morgan fingerprint density at radius 2 is 0.564 bits per heavy atom. The largest absolute Gasteiger partial charge is 0.479 e. The number of hydrogen-bond donors (Lipinski definition) is 2. The molecular weight excluding hydrogens is 480 g/mol. The monoisotopic (exact) mass is 553 g/mol. The average molecular weight is 553 g/mol. The molecule has 234 valence electrons. The van der Waals surface area contributed by atoms with E-state index in [1.54, 1.807) is 0 Å². The maximum Gasteiger partial charge on any atom is 0.335 e. The van der Waals surface area contributed by atoms with Gasteiger partial charge < -0.3 is 10.2 Å². The highest BCUT2D eigenvalue weighted by molar-refractivity contribution is 5.76. The summed E-state index contributed by atoms with van der Waals surface area (Å²) in [5, 5.41) is 20.3. The van der Waals surface area contributed by atoms with Gasteiger partial charge in [0.2, 0.25) is 0 Å². The third-order valence-corrected chi connectivity index (χ3v) is 8.79. The fourth-order valence-corrected chi connectivity index (χ4v) is 5.92. The summed E-state index contributed by atoms with van der Waals surface area (Å²) in [6.07, 6.45) is 39.8. The highest BCUT2D eigenvalue weighted by atomic mass is 16.4. The van der Waals surface area contributed by atoms with Gasteiger partial charge in [-0.1, -0.05) is 194 Å². The van der Waals surface area contributed by atoms with Crippen LogP contribution in [0.5, 0.6) is 0 Å². The molecule has 0 rings (SSSR count). The number of carboxylic acid groups (broad SMARTS) is 1. The van der Waals surface area contributed by atoms with E-state index >= 15 is 0 Å². The van der Waals surface area contributed by atoms with Gasteiger partial charge in [0.05, 0.1) is 0 Å². The van der Waals surface area contributed by atoms with Gasteiger partial charge in [0, 0.05) is 0 Å². The van der Waals surface area contributed by atoms with Crippen molar-refractivity contribution in [1.82, 2.24) is 0 Å². The third kappa shape index (κ3) is 27.4. The summed E-state index contributed by atoms with van der Waals surface area (Å²) in [5.41, 5.74) is -1.51. The van der Waals surface area contributed by atoms with Crippen molar-refractivity contribution >= 4 is 5.97 Å². The van der Waals surface area contributed by atoms with Gasteiger partial charge in [0.25, 0.3) is 0 Å². The first-order valence-electron chi connectivity index (χ1n) is 18.0. The van der Waals surface area contributed by atoms with Crippen LogP contribution >= 0.6 is 0 Å².